The van der Waals surface area contributed by atoms with Crippen molar-refractivity contribution in [2.24, 2.45) is 0 Å². The second kappa shape index (κ2) is 10.6. The van der Waals surface area contributed by atoms with Crippen LogP contribution in [0, 0.1) is 6.92 Å². The number of hydrogen-bond acceptors (Lipinski definition) is 4. The zero-order chi connectivity index (χ0) is 21.4. The number of sulfonamides is 1. The summed E-state index contributed by atoms with van der Waals surface area (Å²) < 4.78 is 27.7. The molecule has 0 aromatic heterocycles. The maximum atomic E-state index is 12.6. The van der Waals surface area contributed by atoms with Gasteiger partial charge in [-0.2, -0.15) is 0 Å². The van der Waals surface area contributed by atoms with Gasteiger partial charge in [-0.15, -0.1) is 0 Å². The van der Waals surface area contributed by atoms with Gasteiger partial charge in [0, 0.05) is 17.8 Å². The highest BCUT2D eigenvalue weighted by atomic mass is 32.2. The number of rotatable bonds is 8. The molecule has 30 heavy (non-hydrogen) atoms. The number of carbonyl (C=O) groups is 1. The summed E-state index contributed by atoms with van der Waals surface area (Å²) in [6.45, 7) is 5.80. The molecule has 0 radical (unpaired) electrons. The Morgan fingerprint density at radius 3 is 2.40 bits per heavy atom. The van der Waals surface area contributed by atoms with Crippen molar-refractivity contribution >= 4 is 21.6 Å². The van der Waals surface area contributed by atoms with E-state index in [0.29, 0.717) is 17.8 Å². The molecule has 3 rings (SSSR count). The average molecular weight is 430 g/mol. The third-order valence-electron chi connectivity index (χ3n) is 5.34. The number of benzene rings is 2. The van der Waals surface area contributed by atoms with Gasteiger partial charge in [-0.1, -0.05) is 36.6 Å². The van der Waals surface area contributed by atoms with Crippen LogP contribution in [0.3, 0.4) is 0 Å². The number of likely N-dealkylation sites (tertiary alicyclic amines) is 1. The third kappa shape index (κ3) is 6.57. The van der Waals surface area contributed by atoms with Crippen molar-refractivity contribution in [3.05, 3.63) is 59.7 Å². The Bertz CT molecular complexity index is 934. The molecule has 1 aliphatic rings. The molecular formula is C23H31N3O3S. The molecule has 1 heterocycles. The average Bonchev–Trinajstić information content (AvgIpc) is 3.00. The van der Waals surface area contributed by atoms with Gasteiger partial charge in [0.15, 0.2) is 0 Å². The number of amides is 1. The summed E-state index contributed by atoms with van der Waals surface area (Å²) in [6, 6.07) is 13.2. The van der Waals surface area contributed by atoms with Gasteiger partial charge < -0.3 is 10.2 Å². The molecule has 1 amide bonds. The lowest BCUT2D eigenvalue weighted by Gasteiger charge is -2.19. The molecule has 1 aliphatic heterocycles. The van der Waals surface area contributed by atoms with E-state index in [1.165, 1.54) is 25.7 Å². The first-order chi connectivity index (χ1) is 14.4. The van der Waals surface area contributed by atoms with Gasteiger partial charge in [0.1, 0.15) is 0 Å². The summed E-state index contributed by atoms with van der Waals surface area (Å²) in [5, 5.41) is 2.94. The van der Waals surface area contributed by atoms with E-state index in [9.17, 15) is 13.2 Å². The van der Waals surface area contributed by atoms with Crippen LogP contribution in [0.5, 0.6) is 0 Å². The van der Waals surface area contributed by atoms with Crippen LogP contribution in [0.2, 0.25) is 0 Å². The fourth-order valence-electron chi connectivity index (χ4n) is 3.62. The van der Waals surface area contributed by atoms with Crippen LogP contribution in [-0.4, -0.2) is 45.4 Å². The second-order valence-corrected chi connectivity index (χ2v) is 9.55. The van der Waals surface area contributed by atoms with E-state index in [1.807, 2.05) is 6.92 Å². The number of aryl methyl sites for hydroxylation is 1. The summed E-state index contributed by atoms with van der Waals surface area (Å²) in [7, 11) is -3.70. The van der Waals surface area contributed by atoms with Gasteiger partial charge in [0.05, 0.1) is 4.90 Å². The van der Waals surface area contributed by atoms with Gasteiger partial charge in [-0.25, -0.2) is 8.42 Å². The zero-order valence-electron chi connectivity index (χ0n) is 17.6. The molecule has 7 heteroatoms. The summed E-state index contributed by atoms with van der Waals surface area (Å²) >= 11 is 0. The number of hydrogen-bond donors (Lipinski definition) is 2. The predicted molar refractivity (Wildman–Crippen MR) is 120 cm³/mol. The van der Waals surface area contributed by atoms with Crippen molar-refractivity contribution in [3.63, 3.8) is 0 Å². The molecule has 0 unspecified atom stereocenters. The van der Waals surface area contributed by atoms with Crippen molar-refractivity contribution in [3.8, 4) is 0 Å². The van der Waals surface area contributed by atoms with E-state index in [-0.39, 0.29) is 10.8 Å². The van der Waals surface area contributed by atoms with Crippen LogP contribution in [0.1, 0.15) is 48.0 Å². The van der Waals surface area contributed by atoms with Crippen LogP contribution in [0.25, 0.3) is 0 Å². The molecule has 0 aliphatic carbocycles. The molecule has 0 spiro atoms. The lowest BCUT2D eigenvalue weighted by Crippen LogP contribution is -2.30. The summed E-state index contributed by atoms with van der Waals surface area (Å²) in [5.41, 5.74) is 1.80. The van der Waals surface area contributed by atoms with Crippen molar-refractivity contribution in [2.45, 2.75) is 43.9 Å². The van der Waals surface area contributed by atoms with Gasteiger partial charge in [-0.3, -0.25) is 9.52 Å². The molecule has 2 N–H and O–H groups in total. The normalized spacial score (nSPS) is 15.4. The van der Waals surface area contributed by atoms with Gasteiger partial charge in [0.25, 0.3) is 15.9 Å². The highest BCUT2D eigenvalue weighted by molar-refractivity contribution is 7.92. The number of anilines is 1. The first kappa shape index (κ1) is 22.3. The first-order valence-electron chi connectivity index (χ1n) is 10.6. The van der Waals surface area contributed by atoms with Crippen LogP contribution < -0.4 is 10.0 Å². The smallest absolute Gasteiger partial charge is 0.261 e. The van der Waals surface area contributed by atoms with Crippen LogP contribution in [0.4, 0.5) is 5.69 Å². The Kier molecular flexibility index (Phi) is 7.87. The monoisotopic (exact) mass is 429 g/mol. The summed E-state index contributed by atoms with van der Waals surface area (Å²) in [4.78, 5) is 15.1. The topological polar surface area (TPSA) is 78.5 Å². The Hall–Kier alpha value is -2.38. The predicted octanol–water partition coefficient (Wildman–Crippen LogP) is 3.79. The molecule has 1 saturated heterocycles. The van der Waals surface area contributed by atoms with Crippen LogP contribution in [0.15, 0.2) is 53.4 Å². The van der Waals surface area contributed by atoms with Gasteiger partial charge in [-0.05, 0) is 76.2 Å². The number of nitrogens with zero attached hydrogens (tertiary/aromatic N) is 1. The van der Waals surface area contributed by atoms with E-state index in [0.717, 1.165) is 31.6 Å². The maximum absolute atomic E-state index is 12.6. The fraction of sp³-hybridized carbons (Fsp3) is 0.435. The van der Waals surface area contributed by atoms with E-state index < -0.39 is 10.0 Å². The highest BCUT2D eigenvalue weighted by Gasteiger charge is 2.15. The molecule has 2 aromatic carbocycles. The highest BCUT2D eigenvalue weighted by Crippen LogP contribution is 2.18. The molecule has 0 bridgehead atoms. The summed E-state index contributed by atoms with van der Waals surface area (Å²) in [6.07, 6.45) is 6.06. The molecule has 0 atom stereocenters. The van der Waals surface area contributed by atoms with Crippen molar-refractivity contribution < 1.29 is 13.2 Å². The van der Waals surface area contributed by atoms with E-state index in [2.05, 4.69) is 14.9 Å². The van der Waals surface area contributed by atoms with E-state index in [4.69, 9.17) is 0 Å². The Labute approximate surface area is 179 Å². The van der Waals surface area contributed by atoms with Gasteiger partial charge in [0.2, 0.25) is 0 Å². The SMILES string of the molecule is Cc1ccc(S(=O)(=O)Nc2cccc(C(=O)NCCCN3CCCCCC3)c2)cc1. The lowest BCUT2D eigenvalue weighted by molar-refractivity contribution is 0.0951. The molecule has 1 fully saturated rings. The second-order valence-electron chi connectivity index (χ2n) is 7.86. The molecule has 162 valence electrons. The van der Waals surface area contributed by atoms with E-state index in [1.54, 1.807) is 48.5 Å². The Morgan fingerprint density at radius 2 is 1.70 bits per heavy atom. The number of carbonyl (C=O) groups excluding carboxylic acids is 1. The lowest BCUT2D eigenvalue weighted by atomic mass is 10.2. The maximum Gasteiger partial charge on any atom is 0.261 e. The standard InChI is InChI=1S/C23H31N3O3S/c1-19-10-12-22(13-11-19)30(28,29)25-21-9-6-8-20(18-21)23(27)24-14-7-17-26-15-4-2-3-5-16-26/h6,8-13,18,25H,2-5,7,14-17H2,1H3,(H,24,27). The fourth-order valence-corrected chi connectivity index (χ4v) is 4.67. The minimum absolute atomic E-state index is 0.191. The molecule has 0 saturated carbocycles. The minimum atomic E-state index is -3.70. The van der Waals surface area contributed by atoms with Crippen molar-refractivity contribution in [1.82, 2.24) is 10.2 Å². The van der Waals surface area contributed by atoms with Crippen LogP contribution >= 0.6 is 0 Å². The number of nitrogens with one attached hydrogen (secondary N) is 2. The van der Waals surface area contributed by atoms with Gasteiger partial charge >= 0.3 is 0 Å². The third-order valence-corrected chi connectivity index (χ3v) is 6.74. The Balaban J connectivity index is 1.52. The molecular weight excluding hydrogens is 398 g/mol. The first-order valence-corrected chi connectivity index (χ1v) is 12.1. The largest absolute Gasteiger partial charge is 0.352 e. The molecule has 2 aromatic rings. The molecule has 6 nitrogen and oxygen atoms in total. The van der Waals surface area contributed by atoms with Crippen molar-refractivity contribution in [1.29, 1.82) is 0 Å². The minimum Gasteiger partial charge on any atom is -0.352 e. The quantitative estimate of drug-likeness (QED) is 0.626. The zero-order valence-corrected chi connectivity index (χ0v) is 18.4. The summed E-state index contributed by atoms with van der Waals surface area (Å²) in [5.74, 6) is -0.192. The van der Waals surface area contributed by atoms with Crippen molar-refractivity contribution in [2.75, 3.05) is 30.9 Å². The van der Waals surface area contributed by atoms with Crippen LogP contribution in [-0.2, 0) is 10.0 Å². The Morgan fingerprint density at radius 1 is 1.00 bits per heavy atom. The van der Waals surface area contributed by atoms with E-state index >= 15 is 0 Å².